The van der Waals surface area contributed by atoms with Crippen molar-refractivity contribution < 1.29 is 15.0 Å². The number of fused-ring (bicyclic) bond motifs is 1. The van der Waals surface area contributed by atoms with Gasteiger partial charge in [0.1, 0.15) is 5.75 Å². The zero-order chi connectivity index (χ0) is 10.1. The van der Waals surface area contributed by atoms with E-state index < -0.39 is 5.97 Å². The maximum atomic E-state index is 10.8. The summed E-state index contributed by atoms with van der Waals surface area (Å²) in [7, 11) is 0. The molecule has 5 heteroatoms. The molecular weight excluding hydrogens is 262 g/mol. The van der Waals surface area contributed by atoms with Crippen LogP contribution in [0.1, 0.15) is 10.4 Å². The number of aromatic nitrogens is 1. The van der Waals surface area contributed by atoms with Gasteiger partial charge in [0, 0.05) is 23.2 Å². The second kappa shape index (κ2) is 4.27. The Bertz CT molecular complexity index is 513. The van der Waals surface area contributed by atoms with Crippen LogP contribution in [-0.4, -0.2) is 21.2 Å². The minimum absolute atomic E-state index is 0. The first-order valence-electron chi connectivity index (χ1n) is 3.98. The Labute approximate surface area is 96.0 Å². The van der Waals surface area contributed by atoms with Crippen LogP contribution >= 0.6 is 17.0 Å². The van der Waals surface area contributed by atoms with Gasteiger partial charge in [0.2, 0.25) is 0 Å². The molecule has 2 N–H and O–H groups in total. The van der Waals surface area contributed by atoms with E-state index in [2.05, 4.69) is 4.98 Å². The van der Waals surface area contributed by atoms with E-state index in [1.807, 2.05) is 0 Å². The number of rotatable bonds is 1. The summed E-state index contributed by atoms with van der Waals surface area (Å²) in [6.45, 7) is 0. The molecule has 1 heterocycles. The van der Waals surface area contributed by atoms with Crippen LogP contribution < -0.4 is 0 Å². The summed E-state index contributed by atoms with van der Waals surface area (Å²) in [6, 6.07) is 4.54. The van der Waals surface area contributed by atoms with Crippen LogP contribution in [0.2, 0.25) is 0 Å². The summed E-state index contributed by atoms with van der Waals surface area (Å²) in [4.78, 5) is 14.6. The van der Waals surface area contributed by atoms with Crippen molar-refractivity contribution in [3.8, 4) is 5.75 Å². The SMILES string of the molecule is Br.O=C(O)c1cncc2ccc(O)cc12. The summed E-state index contributed by atoms with van der Waals surface area (Å²) in [5.74, 6) is -1.00. The minimum Gasteiger partial charge on any atom is -0.508 e. The maximum absolute atomic E-state index is 10.8. The van der Waals surface area contributed by atoms with Gasteiger partial charge in [-0.1, -0.05) is 0 Å². The molecule has 4 nitrogen and oxygen atoms in total. The minimum atomic E-state index is -1.05. The number of aromatic hydroxyl groups is 1. The van der Waals surface area contributed by atoms with Crippen LogP contribution in [0.5, 0.6) is 5.75 Å². The van der Waals surface area contributed by atoms with Gasteiger partial charge in [-0.15, -0.1) is 17.0 Å². The van der Waals surface area contributed by atoms with Crippen LogP contribution in [0.3, 0.4) is 0 Å². The van der Waals surface area contributed by atoms with E-state index in [-0.39, 0.29) is 28.3 Å². The van der Waals surface area contributed by atoms with Crippen molar-refractivity contribution in [2.45, 2.75) is 0 Å². The monoisotopic (exact) mass is 269 g/mol. The van der Waals surface area contributed by atoms with E-state index in [4.69, 9.17) is 5.11 Å². The number of carboxylic acid groups (broad SMARTS) is 1. The molecule has 0 amide bonds. The van der Waals surface area contributed by atoms with Gasteiger partial charge < -0.3 is 10.2 Å². The van der Waals surface area contributed by atoms with Gasteiger partial charge in [-0.3, -0.25) is 4.98 Å². The average Bonchev–Trinajstić information content (AvgIpc) is 2.16. The van der Waals surface area contributed by atoms with Crippen molar-refractivity contribution in [1.82, 2.24) is 4.98 Å². The Morgan fingerprint density at radius 2 is 2.00 bits per heavy atom. The standard InChI is InChI=1S/C10H7NO3.BrH/c12-7-2-1-6-4-11-5-9(10(13)14)8(6)3-7;/h1-5,12H,(H,13,14);1H. The Kier molecular flexibility index (Phi) is 3.26. The fourth-order valence-electron chi connectivity index (χ4n) is 1.32. The zero-order valence-electron chi connectivity index (χ0n) is 7.54. The normalized spacial score (nSPS) is 9.60. The molecule has 0 bridgehead atoms. The Morgan fingerprint density at radius 3 is 2.67 bits per heavy atom. The summed E-state index contributed by atoms with van der Waals surface area (Å²) >= 11 is 0. The van der Waals surface area contributed by atoms with Crippen LogP contribution in [0.4, 0.5) is 0 Å². The van der Waals surface area contributed by atoms with E-state index in [1.54, 1.807) is 12.3 Å². The molecule has 0 fully saturated rings. The number of benzene rings is 1. The van der Waals surface area contributed by atoms with Gasteiger partial charge in [0.25, 0.3) is 0 Å². The third-order valence-corrected chi connectivity index (χ3v) is 1.97. The van der Waals surface area contributed by atoms with Crippen molar-refractivity contribution in [2.24, 2.45) is 0 Å². The van der Waals surface area contributed by atoms with Gasteiger partial charge in [-0.25, -0.2) is 4.79 Å². The van der Waals surface area contributed by atoms with Gasteiger partial charge >= 0.3 is 5.97 Å². The topological polar surface area (TPSA) is 70.4 Å². The molecule has 78 valence electrons. The third kappa shape index (κ3) is 2.07. The van der Waals surface area contributed by atoms with E-state index >= 15 is 0 Å². The summed E-state index contributed by atoms with van der Waals surface area (Å²) in [6.07, 6.45) is 2.82. The summed E-state index contributed by atoms with van der Waals surface area (Å²) in [5, 5.41) is 19.3. The van der Waals surface area contributed by atoms with Crippen LogP contribution in [-0.2, 0) is 0 Å². The van der Waals surface area contributed by atoms with Crippen molar-refractivity contribution in [3.63, 3.8) is 0 Å². The highest BCUT2D eigenvalue weighted by Crippen LogP contribution is 2.22. The fourth-order valence-corrected chi connectivity index (χ4v) is 1.32. The molecule has 1 aromatic heterocycles. The molecule has 0 aliphatic heterocycles. The number of phenols is 1. The number of halogens is 1. The number of aromatic carboxylic acids is 1. The maximum Gasteiger partial charge on any atom is 0.337 e. The first kappa shape index (κ1) is 11.5. The number of carbonyl (C=O) groups is 1. The quantitative estimate of drug-likeness (QED) is 0.833. The Balaban J connectivity index is 0.00000112. The molecule has 1 aromatic carbocycles. The molecule has 2 rings (SSSR count). The third-order valence-electron chi connectivity index (χ3n) is 1.97. The molecule has 0 saturated heterocycles. The fraction of sp³-hybridized carbons (Fsp3) is 0. The lowest BCUT2D eigenvalue weighted by atomic mass is 10.1. The molecule has 2 aromatic rings. The molecule has 0 aliphatic rings. The lowest BCUT2D eigenvalue weighted by molar-refractivity contribution is 0.0698. The van der Waals surface area contributed by atoms with Crippen molar-refractivity contribution in [3.05, 3.63) is 36.2 Å². The summed E-state index contributed by atoms with van der Waals surface area (Å²) < 4.78 is 0. The number of hydrogen-bond acceptors (Lipinski definition) is 3. The second-order valence-electron chi connectivity index (χ2n) is 2.90. The van der Waals surface area contributed by atoms with Crippen LogP contribution in [0.25, 0.3) is 10.8 Å². The van der Waals surface area contributed by atoms with Crippen LogP contribution in [0.15, 0.2) is 30.6 Å². The number of pyridine rings is 1. The van der Waals surface area contributed by atoms with E-state index in [0.717, 1.165) is 0 Å². The van der Waals surface area contributed by atoms with Gasteiger partial charge in [0.05, 0.1) is 5.56 Å². The molecule has 0 spiro atoms. The van der Waals surface area contributed by atoms with Gasteiger partial charge in [0.15, 0.2) is 0 Å². The Hall–Kier alpha value is -1.62. The van der Waals surface area contributed by atoms with Crippen molar-refractivity contribution >= 4 is 33.7 Å². The summed E-state index contributed by atoms with van der Waals surface area (Å²) in [5.41, 5.74) is 0.0957. The first-order chi connectivity index (χ1) is 6.68. The van der Waals surface area contributed by atoms with Crippen molar-refractivity contribution in [1.29, 1.82) is 0 Å². The highest BCUT2D eigenvalue weighted by atomic mass is 79.9. The molecule has 0 saturated carbocycles. The predicted octanol–water partition coefficient (Wildman–Crippen LogP) is 2.22. The van der Waals surface area contributed by atoms with Gasteiger partial charge in [-0.05, 0) is 18.2 Å². The zero-order valence-corrected chi connectivity index (χ0v) is 9.26. The molecule has 15 heavy (non-hydrogen) atoms. The molecule has 0 radical (unpaired) electrons. The number of phenolic OH excluding ortho intramolecular Hbond substituents is 1. The second-order valence-corrected chi connectivity index (χ2v) is 2.90. The average molecular weight is 270 g/mol. The van der Waals surface area contributed by atoms with Gasteiger partial charge in [-0.2, -0.15) is 0 Å². The highest BCUT2D eigenvalue weighted by Gasteiger charge is 2.08. The largest absolute Gasteiger partial charge is 0.508 e. The number of hydrogen-bond donors (Lipinski definition) is 2. The Morgan fingerprint density at radius 1 is 1.27 bits per heavy atom. The predicted molar refractivity (Wildman–Crippen MR) is 60.7 cm³/mol. The van der Waals surface area contributed by atoms with E-state index in [1.165, 1.54) is 18.3 Å². The number of nitrogens with zero attached hydrogens (tertiary/aromatic N) is 1. The number of carboxylic acids is 1. The molecular formula is C10H8BrNO3. The van der Waals surface area contributed by atoms with E-state index in [0.29, 0.717) is 10.8 Å². The lowest BCUT2D eigenvalue weighted by Gasteiger charge is -2.01. The smallest absolute Gasteiger partial charge is 0.337 e. The molecule has 0 unspecified atom stereocenters. The van der Waals surface area contributed by atoms with Crippen LogP contribution in [0, 0.1) is 0 Å². The van der Waals surface area contributed by atoms with E-state index in [9.17, 15) is 9.90 Å². The van der Waals surface area contributed by atoms with Crippen molar-refractivity contribution in [2.75, 3.05) is 0 Å². The lowest BCUT2D eigenvalue weighted by Crippen LogP contribution is -1.98. The first-order valence-corrected chi connectivity index (χ1v) is 3.98. The highest BCUT2D eigenvalue weighted by molar-refractivity contribution is 8.93. The molecule has 0 atom stereocenters. The molecule has 0 aliphatic carbocycles.